The standard InChI is InChI=1S/C21H21ClN4/c22-19-11-17-9-15(14-1-2-16-12-24-13-18(16)10-14)3-4-20(17)25-21(19)26-7-5-23-6-8-26/h1-4,9-11,23-24H,5-8,12-13H2. The van der Waals surface area contributed by atoms with E-state index in [1.54, 1.807) is 0 Å². The number of fused-ring (bicyclic) bond motifs is 2. The molecule has 3 aromatic rings. The molecule has 2 aromatic carbocycles. The van der Waals surface area contributed by atoms with Crippen LogP contribution in [-0.2, 0) is 13.1 Å². The second-order valence-electron chi connectivity index (χ2n) is 7.03. The van der Waals surface area contributed by atoms with Gasteiger partial charge in [0.05, 0.1) is 10.5 Å². The van der Waals surface area contributed by atoms with Crippen LogP contribution < -0.4 is 15.5 Å². The van der Waals surface area contributed by atoms with Crippen LogP contribution in [0.2, 0.25) is 5.02 Å². The number of hydrogen-bond donors (Lipinski definition) is 2. The van der Waals surface area contributed by atoms with Crippen molar-refractivity contribution in [3.05, 3.63) is 58.6 Å². The highest BCUT2D eigenvalue weighted by molar-refractivity contribution is 6.33. The maximum Gasteiger partial charge on any atom is 0.148 e. The molecular formula is C21H21ClN4. The first-order chi connectivity index (χ1) is 12.8. The largest absolute Gasteiger partial charge is 0.353 e. The fourth-order valence-corrected chi connectivity index (χ4v) is 4.17. The molecule has 1 saturated heterocycles. The monoisotopic (exact) mass is 364 g/mol. The Hall–Kier alpha value is -2.14. The summed E-state index contributed by atoms with van der Waals surface area (Å²) in [5.74, 6) is 0.900. The topological polar surface area (TPSA) is 40.2 Å². The van der Waals surface area contributed by atoms with Gasteiger partial charge in [0.25, 0.3) is 0 Å². The molecule has 1 aromatic heterocycles. The Bertz CT molecular complexity index is 979. The molecule has 0 unspecified atom stereocenters. The third kappa shape index (κ3) is 2.84. The first kappa shape index (κ1) is 16.1. The summed E-state index contributed by atoms with van der Waals surface area (Å²) < 4.78 is 0. The second-order valence-corrected chi connectivity index (χ2v) is 7.43. The first-order valence-electron chi connectivity index (χ1n) is 9.17. The Morgan fingerprint density at radius 3 is 2.50 bits per heavy atom. The van der Waals surface area contributed by atoms with Crippen molar-refractivity contribution in [3.63, 3.8) is 0 Å². The molecule has 0 aliphatic carbocycles. The molecule has 5 heteroatoms. The predicted octanol–water partition coefficient (Wildman–Crippen LogP) is 3.57. The van der Waals surface area contributed by atoms with Gasteiger partial charge in [-0.15, -0.1) is 0 Å². The molecule has 2 aliphatic heterocycles. The molecule has 0 spiro atoms. The van der Waals surface area contributed by atoms with E-state index in [9.17, 15) is 0 Å². The lowest BCUT2D eigenvalue weighted by Gasteiger charge is -2.29. The van der Waals surface area contributed by atoms with Crippen molar-refractivity contribution in [1.29, 1.82) is 0 Å². The Labute approximate surface area is 158 Å². The van der Waals surface area contributed by atoms with Gasteiger partial charge in [0.1, 0.15) is 5.82 Å². The van der Waals surface area contributed by atoms with E-state index in [2.05, 4.69) is 58.0 Å². The molecular weight excluding hydrogens is 344 g/mol. The number of pyridine rings is 1. The van der Waals surface area contributed by atoms with E-state index < -0.39 is 0 Å². The smallest absolute Gasteiger partial charge is 0.148 e. The summed E-state index contributed by atoms with van der Waals surface area (Å²) in [6, 6.07) is 15.2. The van der Waals surface area contributed by atoms with E-state index in [1.165, 1.54) is 22.3 Å². The van der Waals surface area contributed by atoms with Gasteiger partial charge in [-0.05, 0) is 46.5 Å². The molecule has 132 valence electrons. The molecule has 5 rings (SSSR count). The summed E-state index contributed by atoms with van der Waals surface area (Å²) in [5, 5.41) is 8.59. The van der Waals surface area contributed by atoms with Gasteiger partial charge in [-0.3, -0.25) is 0 Å². The fraction of sp³-hybridized carbons (Fsp3) is 0.286. The quantitative estimate of drug-likeness (QED) is 0.729. The fourth-order valence-electron chi connectivity index (χ4n) is 3.89. The SMILES string of the molecule is Clc1cc2cc(-c3ccc4c(c3)CNC4)ccc2nc1N1CCNCC1. The van der Waals surface area contributed by atoms with Crippen LogP contribution in [0.3, 0.4) is 0 Å². The van der Waals surface area contributed by atoms with Crippen molar-refractivity contribution < 1.29 is 0 Å². The summed E-state index contributed by atoms with van der Waals surface area (Å²) in [6.45, 7) is 5.77. The molecule has 1 fully saturated rings. The average Bonchev–Trinajstić information content (AvgIpc) is 3.15. The van der Waals surface area contributed by atoms with Gasteiger partial charge >= 0.3 is 0 Å². The highest BCUT2D eigenvalue weighted by atomic mass is 35.5. The number of nitrogens with zero attached hydrogens (tertiary/aromatic N) is 2. The molecule has 3 heterocycles. The number of rotatable bonds is 2. The number of benzene rings is 2. The van der Waals surface area contributed by atoms with Crippen LogP contribution >= 0.6 is 11.6 Å². The number of nitrogens with one attached hydrogen (secondary N) is 2. The van der Waals surface area contributed by atoms with Crippen LogP contribution in [0.5, 0.6) is 0 Å². The van der Waals surface area contributed by atoms with Crippen molar-refractivity contribution in [2.24, 2.45) is 0 Å². The third-order valence-electron chi connectivity index (χ3n) is 5.34. The van der Waals surface area contributed by atoms with Gasteiger partial charge in [0, 0.05) is 44.7 Å². The highest BCUT2D eigenvalue weighted by Gasteiger charge is 2.16. The van der Waals surface area contributed by atoms with Crippen LogP contribution in [0.1, 0.15) is 11.1 Å². The van der Waals surface area contributed by atoms with Gasteiger partial charge in [-0.25, -0.2) is 4.98 Å². The maximum atomic E-state index is 6.58. The Morgan fingerprint density at radius 1 is 0.846 bits per heavy atom. The summed E-state index contributed by atoms with van der Waals surface area (Å²) in [6.07, 6.45) is 0. The van der Waals surface area contributed by atoms with E-state index in [4.69, 9.17) is 16.6 Å². The zero-order valence-electron chi connectivity index (χ0n) is 14.6. The minimum absolute atomic E-state index is 0.731. The summed E-state index contributed by atoms with van der Waals surface area (Å²) in [5.41, 5.74) is 6.25. The van der Waals surface area contributed by atoms with Crippen molar-refractivity contribution in [3.8, 4) is 11.1 Å². The van der Waals surface area contributed by atoms with E-state index >= 15 is 0 Å². The van der Waals surface area contributed by atoms with E-state index in [0.29, 0.717) is 0 Å². The summed E-state index contributed by atoms with van der Waals surface area (Å²) in [7, 11) is 0. The van der Waals surface area contributed by atoms with E-state index in [1.807, 2.05) is 0 Å². The average molecular weight is 365 g/mol. The Morgan fingerprint density at radius 2 is 1.62 bits per heavy atom. The number of hydrogen-bond acceptors (Lipinski definition) is 4. The molecule has 2 aliphatic rings. The number of piperazine rings is 1. The number of halogens is 1. The lowest BCUT2D eigenvalue weighted by atomic mass is 9.99. The number of aromatic nitrogens is 1. The minimum Gasteiger partial charge on any atom is -0.353 e. The second kappa shape index (κ2) is 6.54. The lowest BCUT2D eigenvalue weighted by Crippen LogP contribution is -2.44. The van der Waals surface area contributed by atoms with E-state index in [0.717, 1.165) is 61.0 Å². The van der Waals surface area contributed by atoms with Crippen LogP contribution in [-0.4, -0.2) is 31.2 Å². The van der Waals surface area contributed by atoms with Crippen molar-refractivity contribution in [2.75, 3.05) is 31.1 Å². The zero-order chi connectivity index (χ0) is 17.5. The first-order valence-corrected chi connectivity index (χ1v) is 9.54. The Balaban J connectivity index is 1.53. The molecule has 0 radical (unpaired) electrons. The van der Waals surface area contributed by atoms with Crippen molar-refractivity contribution >= 4 is 28.3 Å². The number of anilines is 1. The maximum absolute atomic E-state index is 6.58. The molecule has 0 amide bonds. The van der Waals surface area contributed by atoms with Crippen molar-refractivity contribution in [2.45, 2.75) is 13.1 Å². The highest BCUT2D eigenvalue weighted by Crippen LogP contribution is 2.32. The summed E-state index contributed by atoms with van der Waals surface area (Å²) in [4.78, 5) is 7.11. The van der Waals surface area contributed by atoms with Crippen LogP contribution in [0.15, 0.2) is 42.5 Å². The minimum atomic E-state index is 0.731. The van der Waals surface area contributed by atoms with Gasteiger partial charge in [-0.1, -0.05) is 29.8 Å². The van der Waals surface area contributed by atoms with Gasteiger partial charge in [0.2, 0.25) is 0 Å². The molecule has 0 bridgehead atoms. The van der Waals surface area contributed by atoms with Gasteiger partial charge < -0.3 is 15.5 Å². The predicted molar refractivity (Wildman–Crippen MR) is 108 cm³/mol. The third-order valence-corrected chi connectivity index (χ3v) is 5.61. The molecule has 26 heavy (non-hydrogen) atoms. The zero-order valence-corrected chi connectivity index (χ0v) is 15.3. The molecule has 0 saturated carbocycles. The van der Waals surface area contributed by atoms with E-state index in [-0.39, 0.29) is 0 Å². The van der Waals surface area contributed by atoms with Gasteiger partial charge in [0.15, 0.2) is 0 Å². The van der Waals surface area contributed by atoms with Crippen LogP contribution in [0.25, 0.3) is 22.0 Å². The van der Waals surface area contributed by atoms with Gasteiger partial charge in [-0.2, -0.15) is 0 Å². The van der Waals surface area contributed by atoms with Crippen LogP contribution in [0.4, 0.5) is 5.82 Å². The Kier molecular flexibility index (Phi) is 4.04. The molecule has 2 N–H and O–H groups in total. The summed E-state index contributed by atoms with van der Waals surface area (Å²) >= 11 is 6.58. The van der Waals surface area contributed by atoms with Crippen molar-refractivity contribution in [1.82, 2.24) is 15.6 Å². The van der Waals surface area contributed by atoms with Crippen LogP contribution in [0, 0.1) is 0 Å². The molecule has 0 atom stereocenters. The lowest BCUT2D eigenvalue weighted by molar-refractivity contribution is 0.585. The normalized spacial score (nSPS) is 16.9. The molecule has 4 nitrogen and oxygen atoms in total.